The summed E-state index contributed by atoms with van der Waals surface area (Å²) in [5, 5.41) is 1.02. The van der Waals surface area contributed by atoms with E-state index in [1.165, 1.54) is 17.6 Å². The Balaban J connectivity index is 1.59. The minimum atomic E-state index is -0.312. The molecule has 0 radical (unpaired) electrons. The van der Waals surface area contributed by atoms with E-state index in [1.54, 1.807) is 11.3 Å². The molecule has 1 aromatic carbocycles. The van der Waals surface area contributed by atoms with E-state index in [1.807, 2.05) is 24.4 Å². The number of fused-ring (bicyclic) bond motifs is 1. The summed E-state index contributed by atoms with van der Waals surface area (Å²) in [5.74, 6) is 0.362. The first-order valence-electron chi connectivity index (χ1n) is 8.07. The molecule has 2 aromatic rings. The highest BCUT2D eigenvalue weighted by molar-refractivity contribution is 7.18. The summed E-state index contributed by atoms with van der Waals surface area (Å²) in [4.78, 5) is 20.4. The van der Waals surface area contributed by atoms with Gasteiger partial charge in [0.15, 0.2) is 5.13 Å². The second-order valence-corrected chi connectivity index (χ2v) is 7.50. The number of methoxy groups -OCH3 is 1. The highest BCUT2D eigenvalue weighted by Gasteiger charge is 2.55. The van der Waals surface area contributed by atoms with E-state index >= 15 is 0 Å². The molecule has 1 saturated carbocycles. The minimum absolute atomic E-state index is 0.0395. The van der Waals surface area contributed by atoms with Gasteiger partial charge in [0.05, 0.1) is 17.4 Å². The van der Waals surface area contributed by atoms with Gasteiger partial charge in [-0.15, -0.1) is 0 Å². The Labute approximate surface area is 140 Å². The predicted octanol–water partition coefficient (Wildman–Crippen LogP) is 3.59. The van der Waals surface area contributed by atoms with Gasteiger partial charge in [0.2, 0.25) is 0 Å². The van der Waals surface area contributed by atoms with Crippen LogP contribution in [0.2, 0.25) is 0 Å². The van der Waals surface area contributed by atoms with Crippen LogP contribution in [0.25, 0.3) is 10.4 Å². The zero-order valence-corrected chi connectivity index (χ0v) is 14.0. The Morgan fingerprint density at radius 2 is 2.22 bits per heavy atom. The van der Waals surface area contributed by atoms with Crippen LogP contribution >= 0.6 is 11.3 Å². The van der Waals surface area contributed by atoms with Crippen molar-refractivity contribution in [2.24, 2.45) is 11.3 Å². The van der Waals surface area contributed by atoms with E-state index in [4.69, 9.17) is 4.74 Å². The minimum Gasteiger partial charge on any atom is -0.469 e. The summed E-state index contributed by atoms with van der Waals surface area (Å²) in [7, 11) is 1.51. The van der Waals surface area contributed by atoms with Gasteiger partial charge >= 0.3 is 5.97 Å². The van der Waals surface area contributed by atoms with Crippen molar-refractivity contribution in [3.8, 4) is 10.4 Å². The molecule has 1 aromatic heterocycles. The molecular weight excluding hydrogens is 308 g/mol. The lowest BCUT2D eigenvalue weighted by atomic mass is 9.81. The Bertz CT molecular complexity index is 715. The number of ether oxygens (including phenoxy) is 1. The summed E-state index contributed by atoms with van der Waals surface area (Å²) in [6, 6.07) is 10.3. The van der Waals surface area contributed by atoms with Gasteiger partial charge in [0.25, 0.3) is 0 Å². The van der Waals surface area contributed by atoms with Gasteiger partial charge in [0, 0.05) is 19.3 Å². The van der Waals surface area contributed by atoms with E-state index in [2.05, 4.69) is 22.0 Å². The summed E-state index contributed by atoms with van der Waals surface area (Å²) in [5.41, 5.74) is 0.881. The van der Waals surface area contributed by atoms with E-state index in [9.17, 15) is 4.79 Å². The Kier molecular flexibility index (Phi) is 3.60. The molecule has 4 rings (SSSR count). The fourth-order valence-electron chi connectivity index (χ4n) is 4.12. The SMILES string of the molecule is COC(=O)C12CCCC1CN(c1ncc(-c3ccccc3)s1)C2. The maximum absolute atomic E-state index is 12.4. The van der Waals surface area contributed by atoms with Crippen molar-refractivity contribution in [3.63, 3.8) is 0 Å². The fourth-order valence-corrected chi connectivity index (χ4v) is 5.05. The largest absolute Gasteiger partial charge is 0.469 e. The molecule has 2 fully saturated rings. The zero-order valence-electron chi connectivity index (χ0n) is 13.2. The van der Waals surface area contributed by atoms with Crippen LogP contribution < -0.4 is 4.90 Å². The van der Waals surface area contributed by atoms with Crippen molar-refractivity contribution in [1.29, 1.82) is 0 Å². The quantitative estimate of drug-likeness (QED) is 0.808. The number of thiazole rings is 1. The predicted molar refractivity (Wildman–Crippen MR) is 91.6 cm³/mol. The number of hydrogen-bond donors (Lipinski definition) is 0. The molecule has 2 heterocycles. The van der Waals surface area contributed by atoms with Gasteiger partial charge in [-0.25, -0.2) is 4.98 Å². The van der Waals surface area contributed by atoms with Gasteiger partial charge in [-0.05, 0) is 24.3 Å². The lowest BCUT2D eigenvalue weighted by Crippen LogP contribution is -2.36. The number of esters is 1. The molecule has 0 bridgehead atoms. The third-order valence-electron chi connectivity index (χ3n) is 5.28. The van der Waals surface area contributed by atoms with E-state index in [-0.39, 0.29) is 11.4 Å². The molecule has 2 atom stereocenters. The number of aromatic nitrogens is 1. The van der Waals surface area contributed by atoms with Crippen LogP contribution in [0, 0.1) is 11.3 Å². The molecule has 4 nitrogen and oxygen atoms in total. The fraction of sp³-hybridized carbons (Fsp3) is 0.444. The molecule has 1 aliphatic heterocycles. The van der Waals surface area contributed by atoms with Crippen LogP contribution in [-0.2, 0) is 9.53 Å². The summed E-state index contributed by atoms with van der Waals surface area (Å²) in [6.45, 7) is 1.66. The normalized spacial score (nSPS) is 26.3. The second-order valence-electron chi connectivity index (χ2n) is 6.49. The van der Waals surface area contributed by atoms with Crippen LogP contribution in [0.3, 0.4) is 0 Å². The molecule has 1 aliphatic carbocycles. The molecule has 2 aliphatic rings. The molecular formula is C18H20N2O2S. The molecule has 0 N–H and O–H groups in total. The second kappa shape index (κ2) is 5.64. The Hall–Kier alpha value is -1.88. The van der Waals surface area contributed by atoms with Crippen LogP contribution in [0.1, 0.15) is 19.3 Å². The van der Waals surface area contributed by atoms with Crippen molar-refractivity contribution in [3.05, 3.63) is 36.5 Å². The van der Waals surface area contributed by atoms with Gasteiger partial charge in [-0.2, -0.15) is 0 Å². The lowest BCUT2D eigenvalue weighted by molar-refractivity contribution is -0.152. The molecule has 1 saturated heterocycles. The maximum atomic E-state index is 12.4. The molecule has 0 amide bonds. The number of rotatable bonds is 3. The molecule has 120 valence electrons. The first-order chi connectivity index (χ1) is 11.2. The van der Waals surface area contributed by atoms with Crippen molar-refractivity contribution in [2.45, 2.75) is 19.3 Å². The zero-order chi connectivity index (χ0) is 15.9. The topological polar surface area (TPSA) is 42.4 Å². The van der Waals surface area contributed by atoms with Crippen LogP contribution in [0.4, 0.5) is 5.13 Å². The first kappa shape index (κ1) is 14.7. The Morgan fingerprint density at radius 1 is 1.39 bits per heavy atom. The third kappa shape index (κ3) is 2.34. The first-order valence-corrected chi connectivity index (χ1v) is 8.89. The van der Waals surface area contributed by atoms with Crippen molar-refractivity contribution < 1.29 is 9.53 Å². The summed E-state index contributed by atoms with van der Waals surface area (Å²) >= 11 is 1.70. The number of carbonyl (C=O) groups excluding carboxylic acids is 1. The summed E-state index contributed by atoms with van der Waals surface area (Å²) < 4.78 is 5.11. The van der Waals surface area contributed by atoms with Crippen LogP contribution in [-0.4, -0.2) is 31.2 Å². The molecule has 5 heteroatoms. The maximum Gasteiger partial charge on any atom is 0.313 e. The monoisotopic (exact) mass is 328 g/mol. The van der Waals surface area contributed by atoms with Crippen molar-refractivity contribution in [2.75, 3.05) is 25.1 Å². The van der Waals surface area contributed by atoms with Gasteiger partial charge < -0.3 is 9.64 Å². The van der Waals surface area contributed by atoms with Crippen molar-refractivity contribution >= 4 is 22.4 Å². The average molecular weight is 328 g/mol. The average Bonchev–Trinajstić information content (AvgIpc) is 3.28. The highest BCUT2D eigenvalue weighted by Crippen LogP contribution is 2.51. The van der Waals surface area contributed by atoms with Crippen LogP contribution in [0.5, 0.6) is 0 Å². The number of anilines is 1. The lowest BCUT2D eigenvalue weighted by Gasteiger charge is -2.25. The summed E-state index contributed by atoms with van der Waals surface area (Å²) in [6.07, 6.45) is 5.12. The number of benzene rings is 1. The standard InChI is InChI=1S/C18H20N2O2S/c1-22-16(21)18-9-5-8-14(18)11-20(12-18)17-19-10-15(23-17)13-6-3-2-4-7-13/h2-4,6-7,10,14H,5,8-9,11-12H2,1H3. The van der Waals surface area contributed by atoms with Gasteiger partial charge in [0.1, 0.15) is 0 Å². The van der Waals surface area contributed by atoms with Gasteiger partial charge in [-0.3, -0.25) is 4.79 Å². The Morgan fingerprint density at radius 3 is 3.00 bits per heavy atom. The van der Waals surface area contributed by atoms with Crippen molar-refractivity contribution in [1.82, 2.24) is 4.98 Å². The van der Waals surface area contributed by atoms with Gasteiger partial charge in [-0.1, -0.05) is 48.1 Å². The van der Waals surface area contributed by atoms with E-state index < -0.39 is 0 Å². The highest BCUT2D eigenvalue weighted by atomic mass is 32.1. The molecule has 0 spiro atoms. The van der Waals surface area contributed by atoms with Crippen LogP contribution in [0.15, 0.2) is 36.5 Å². The van der Waals surface area contributed by atoms with E-state index in [0.717, 1.165) is 37.5 Å². The number of hydrogen-bond acceptors (Lipinski definition) is 5. The smallest absolute Gasteiger partial charge is 0.313 e. The third-order valence-corrected chi connectivity index (χ3v) is 6.39. The molecule has 2 unspecified atom stereocenters. The molecule has 23 heavy (non-hydrogen) atoms. The van der Waals surface area contributed by atoms with E-state index in [0.29, 0.717) is 5.92 Å². The number of nitrogens with zero attached hydrogens (tertiary/aromatic N) is 2. The number of carbonyl (C=O) groups is 1.